The third kappa shape index (κ3) is 8.03. The monoisotopic (exact) mass is 199 g/mol. The molecule has 0 heterocycles. The summed E-state index contributed by atoms with van der Waals surface area (Å²) in [5, 5.41) is 2.20. The van der Waals surface area contributed by atoms with Gasteiger partial charge >= 0.3 is 7.60 Å². The molecule has 0 amide bonds. The van der Waals surface area contributed by atoms with Crippen LogP contribution >= 0.6 is 19.4 Å². The molecule has 0 aliphatic carbocycles. The molecule has 7 heteroatoms. The van der Waals surface area contributed by atoms with Crippen LogP contribution in [0.25, 0.3) is 0 Å². The van der Waals surface area contributed by atoms with Crippen LogP contribution in [0.2, 0.25) is 0 Å². The van der Waals surface area contributed by atoms with Crippen molar-refractivity contribution < 1.29 is 19.1 Å². The molecule has 11 heavy (non-hydrogen) atoms. The zero-order valence-corrected chi connectivity index (χ0v) is 7.69. The van der Waals surface area contributed by atoms with Crippen molar-refractivity contribution in [1.29, 1.82) is 0 Å². The number of hydrogen-bond donors (Lipinski definition) is 3. The minimum absolute atomic E-state index is 0.00766. The van der Waals surface area contributed by atoms with E-state index < -0.39 is 13.9 Å². The minimum Gasteiger partial charge on any atom is -0.324 e. The highest BCUT2D eigenvalue weighted by Gasteiger charge is 2.11. The van der Waals surface area contributed by atoms with E-state index >= 15 is 0 Å². The van der Waals surface area contributed by atoms with Crippen molar-refractivity contribution in [1.82, 2.24) is 5.32 Å². The molecule has 0 aromatic rings. The highest BCUT2D eigenvalue weighted by Crippen LogP contribution is 2.31. The average Bonchev–Trinajstić information content (AvgIpc) is 1.85. The normalized spacial score (nSPS) is 11.5. The van der Waals surface area contributed by atoms with Gasteiger partial charge in [-0.1, -0.05) is 11.8 Å². The summed E-state index contributed by atoms with van der Waals surface area (Å²) in [6.45, 7) is -0.00766. The molecule has 0 bridgehead atoms. The quantitative estimate of drug-likeness (QED) is 0.534. The van der Waals surface area contributed by atoms with Crippen LogP contribution in [0.5, 0.6) is 0 Å². The van der Waals surface area contributed by atoms with Crippen molar-refractivity contribution in [3.8, 4) is 0 Å². The number of thioether (sulfide) groups is 1. The van der Waals surface area contributed by atoms with Crippen LogP contribution < -0.4 is 5.32 Å². The van der Waals surface area contributed by atoms with Gasteiger partial charge in [-0.25, -0.2) is 0 Å². The second-order valence-electron chi connectivity index (χ2n) is 1.83. The van der Waals surface area contributed by atoms with Crippen LogP contribution in [0.1, 0.15) is 0 Å². The predicted octanol–water partition coefficient (Wildman–Crippen LogP) is -0.399. The molecule has 0 aromatic carbocycles. The van der Waals surface area contributed by atoms with Gasteiger partial charge in [-0.2, -0.15) is 0 Å². The molecule has 0 saturated carbocycles. The highest BCUT2D eigenvalue weighted by molar-refractivity contribution is 8.13. The van der Waals surface area contributed by atoms with E-state index in [0.29, 0.717) is 0 Å². The summed E-state index contributed by atoms with van der Waals surface area (Å²) in [6.07, 6.45) is 1.17. The Bertz CT molecular complexity index is 179. The Hall–Kier alpha value is 0.130. The van der Waals surface area contributed by atoms with Crippen LogP contribution in [0.15, 0.2) is 0 Å². The zero-order valence-electron chi connectivity index (χ0n) is 5.98. The summed E-state index contributed by atoms with van der Waals surface area (Å²) in [7, 11) is -4.01. The van der Waals surface area contributed by atoms with Gasteiger partial charge < -0.3 is 9.79 Å². The molecule has 66 valence electrons. The Balaban J connectivity index is 3.43. The largest absolute Gasteiger partial charge is 0.339 e. The Morgan fingerprint density at radius 1 is 1.64 bits per heavy atom. The lowest BCUT2D eigenvalue weighted by Gasteiger charge is -2.03. The first kappa shape index (κ1) is 11.1. The van der Waals surface area contributed by atoms with Crippen molar-refractivity contribution in [2.75, 3.05) is 19.1 Å². The number of rotatable bonds is 4. The maximum atomic E-state index is 10.5. The van der Waals surface area contributed by atoms with Crippen LogP contribution in [0.4, 0.5) is 0 Å². The second kappa shape index (κ2) is 4.90. The molecule has 5 nitrogen and oxygen atoms in total. The highest BCUT2D eigenvalue weighted by atomic mass is 32.2. The molecule has 0 aromatic heterocycles. The molecule has 0 atom stereocenters. The van der Waals surface area contributed by atoms with Gasteiger partial charge in [-0.3, -0.25) is 14.7 Å². The van der Waals surface area contributed by atoms with Crippen molar-refractivity contribution in [2.45, 2.75) is 0 Å². The summed E-state index contributed by atoms with van der Waals surface area (Å²) in [6, 6.07) is 0. The Labute approximate surface area is 68.7 Å². The topological polar surface area (TPSA) is 86.6 Å². The lowest BCUT2D eigenvalue weighted by Crippen LogP contribution is -2.21. The van der Waals surface area contributed by atoms with Gasteiger partial charge in [0.25, 0.3) is 0 Å². The molecule has 0 saturated heterocycles. The fourth-order valence-electron chi connectivity index (χ4n) is 0.376. The SMILES string of the molecule is CSC(=O)CNCP(=O)(O)O. The maximum Gasteiger partial charge on any atom is 0.339 e. The first-order valence-corrected chi connectivity index (χ1v) is 5.80. The molecule has 0 radical (unpaired) electrons. The number of carbonyl (C=O) groups is 1. The Kier molecular flexibility index (Phi) is 4.96. The number of nitrogens with one attached hydrogen (secondary N) is 1. The summed E-state index contributed by atoms with van der Waals surface area (Å²) in [5.41, 5.74) is 0. The van der Waals surface area contributed by atoms with Gasteiger partial charge in [0.1, 0.15) is 0 Å². The van der Waals surface area contributed by atoms with Crippen LogP contribution in [0, 0.1) is 0 Å². The first-order valence-electron chi connectivity index (χ1n) is 2.78. The van der Waals surface area contributed by atoms with Crippen molar-refractivity contribution in [3.05, 3.63) is 0 Å². The van der Waals surface area contributed by atoms with Gasteiger partial charge in [-0.05, 0) is 6.26 Å². The fourth-order valence-corrected chi connectivity index (χ4v) is 1.03. The molecule has 0 spiro atoms. The van der Waals surface area contributed by atoms with Crippen LogP contribution in [-0.4, -0.2) is 34.0 Å². The van der Waals surface area contributed by atoms with Crippen LogP contribution in [0.3, 0.4) is 0 Å². The Morgan fingerprint density at radius 2 is 2.18 bits per heavy atom. The molecule has 0 aliphatic heterocycles. The van der Waals surface area contributed by atoms with Gasteiger partial charge in [0, 0.05) is 0 Å². The summed E-state index contributed by atoms with van der Waals surface area (Å²) >= 11 is 1.02. The third-order valence-corrected chi connectivity index (χ3v) is 2.05. The summed E-state index contributed by atoms with van der Waals surface area (Å²) in [5.74, 6) is 0. The van der Waals surface area contributed by atoms with E-state index in [-0.39, 0.29) is 11.7 Å². The second-order valence-corrected chi connectivity index (χ2v) is 4.33. The molecule has 0 aliphatic rings. The lowest BCUT2D eigenvalue weighted by atomic mass is 10.7. The van der Waals surface area contributed by atoms with Crippen molar-refractivity contribution >= 4 is 24.5 Å². The van der Waals surface area contributed by atoms with Crippen molar-refractivity contribution in [3.63, 3.8) is 0 Å². The van der Waals surface area contributed by atoms with Gasteiger partial charge in [0.15, 0.2) is 0 Å². The van der Waals surface area contributed by atoms with E-state index in [1.807, 2.05) is 0 Å². The number of hydrogen-bond acceptors (Lipinski definition) is 4. The fraction of sp³-hybridized carbons (Fsp3) is 0.750. The van der Waals surface area contributed by atoms with E-state index in [0.717, 1.165) is 11.8 Å². The number of carbonyl (C=O) groups excluding carboxylic acids is 1. The van der Waals surface area contributed by atoms with E-state index in [9.17, 15) is 9.36 Å². The summed E-state index contributed by atoms with van der Waals surface area (Å²) < 4.78 is 10.2. The van der Waals surface area contributed by atoms with E-state index in [1.165, 1.54) is 0 Å². The third-order valence-electron chi connectivity index (χ3n) is 0.815. The minimum atomic E-state index is -4.01. The van der Waals surface area contributed by atoms with Crippen LogP contribution in [-0.2, 0) is 9.36 Å². The predicted molar refractivity (Wildman–Crippen MR) is 43.4 cm³/mol. The first-order chi connectivity index (χ1) is 4.95. The smallest absolute Gasteiger partial charge is 0.324 e. The standard InChI is InChI=1S/C4H10NO4PS/c1-11-4(6)2-5-3-10(7,8)9/h5H,2-3H2,1H3,(H2,7,8,9). The van der Waals surface area contributed by atoms with Gasteiger partial charge in [0.2, 0.25) is 5.12 Å². The zero-order chi connectivity index (χ0) is 8.91. The average molecular weight is 199 g/mol. The maximum absolute atomic E-state index is 10.5. The van der Waals surface area contributed by atoms with E-state index in [4.69, 9.17) is 9.79 Å². The molecule has 0 fully saturated rings. The Morgan fingerprint density at radius 3 is 2.55 bits per heavy atom. The molecule has 0 rings (SSSR count). The summed E-state index contributed by atoms with van der Waals surface area (Å²) in [4.78, 5) is 27.2. The van der Waals surface area contributed by atoms with E-state index in [2.05, 4.69) is 5.32 Å². The molecular weight excluding hydrogens is 189 g/mol. The van der Waals surface area contributed by atoms with Crippen molar-refractivity contribution in [2.24, 2.45) is 0 Å². The van der Waals surface area contributed by atoms with E-state index in [1.54, 1.807) is 6.26 Å². The van der Waals surface area contributed by atoms with Gasteiger partial charge in [-0.15, -0.1) is 0 Å². The molecule has 0 unspecified atom stereocenters. The van der Waals surface area contributed by atoms with Gasteiger partial charge in [0.05, 0.1) is 12.8 Å². The molecule has 3 N–H and O–H groups in total. The lowest BCUT2D eigenvalue weighted by molar-refractivity contribution is -0.110. The molecular formula is C4H10NO4PS.